The van der Waals surface area contributed by atoms with Gasteiger partial charge in [0.2, 0.25) is 0 Å². The van der Waals surface area contributed by atoms with Crippen LogP contribution in [0, 0.1) is 20.8 Å². The van der Waals surface area contributed by atoms with Crippen molar-refractivity contribution in [2.75, 3.05) is 22.9 Å². The Balaban J connectivity index is 1.49. The van der Waals surface area contributed by atoms with Crippen LogP contribution in [0.4, 0.5) is 22.7 Å². The van der Waals surface area contributed by atoms with Gasteiger partial charge >= 0.3 is 5.97 Å². The van der Waals surface area contributed by atoms with E-state index in [1.54, 1.807) is 0 Å². The third kappa shape index (κ3) is 4.26. The number of esters is 1. The highest BCUT2D eigenvalue weighted by molar-refractivity contribution is 5.97. The number of fused-ring (bicyclic) bond motifs is 6. The van der Waals surface area contributed by atoms with Crippen molar-refractivity contribution >= 4 is 28.7 Å². The van der Waals surface area contributed by atoms with Crippen LogP contribution < -0.4 is 14.5 Å². The molecule has 0 N–H and O–H groups in total. The maximum Gasteiger partial charge on any atom is 0.340 e. The first kappa shape index (κ1) is 27.8. The first-order chi connectivity index (χ1) is 21.3. The van der Waals surface area contributed by atoms with Gasteiger partial charge in [-0.25, -0.2) is 4.79 Å². The molecule has 7 rings (SSSR count). The molecule has 0 aliphatic carbocycles. The van der Waals surface area contributed by atoms with E-state index in [0.717, 1.165) is 58.1 Å². The highest BCUT2D eigenvalue weighted by Crippen LogP contribution is 2.58. The number of ether oxygens (including phenoxy) is 2. The highest BCUT2D eigenvalue weighted by atomic mass is 16.6. The first-order valence-electron chi connectivity index (χ1n) is 15.3. The summed E-state index contributed by atoms with van der Waals surface area (Å²) >= 11 is 0. The topological polar surface area (TPSA) is 42.0 Å². The maximum absolute atomic E-state index is 13.5. The average Bonchev–Trinajstić information content (AvgIpc) is 3.32. The molecule has 1 unspecified atom stereocenters. The Morgan fingerprint density at radius 3 is 1.86 bits per heavy atom. The van der Waals surface area contributed by atoms with E-state index < -0.39 is 5.60 Å². The van der Waals surface area contributed by atoms with Crippen molar-refractivity contribution in [1.82, 2.24) is 0 Å². The third-order valence-electron chi connectivity index (χ3n) is 8.97. The normalized spacial score (nSPS) is 16.1. The summed E-state index contributed by atoms with van der Waals surface area (Å²) in [5.41, 5.74) is 9.48. The summed E-state index contributed by atoms with van der Waals surface area (Å²) in [5, 5.41) is 0. The standard InChI is InChI=1S/C39H36N2O3/c1-6-40(7-2)30-20-21-33-37(23-30)43-36-22-27(5)35(24-34(36)39(33)32-11-9-8-10-31(32)38(42)44-39)41(28-16-12-25(3)13-17-28)29-18-14-26(4)15-19-29/h8-24H,6-7H2,1-5H3. The minimum Gasteiger partial charge on any atom is -0.456 e. The Morgan fingerprint density at radius 2 is 1.23 bits per heavy atom. The molecule has 1 spiro atoms. The summed E-state index contributed by atoms with van der Waals surface area (Å²) < 4.78 is 13.2. The van der Waals surface area contributed by atoms with Gasteiger partial charge < -0.3 is 19.3 Å². The minimum absolute atomic E-state index is 0.330. The van der Waals surface area contributed by atoms with Crippen molar-refractivity contribution in [3.63, 3.8) is 0 Å². The molecule has 2 aliphatic rings. The van der Waals surface area contributed by atoms with Crippen molar-refractivity contribution in [2.45, 2.75) is 40.2 Å². The number of carbonyl (C=O) groups is 1. The number of nitrogens with zero attached hydrogens (tertiary/aromatic N) is 2. The van der Waals surface area contributed by atoms with Crippen LogP contribution in [0.5, 0.6) is 11.5 Å². The van der Waals surface area contributed by atoms with Crippen LogP contribution in [0.15, 0.2) is 103 Å². The fourth-order valence-corrected chi connectivity index (χ4v) is 6.64. The number of hydrogen-bond donors (Lipinski definition) is 0. The van der Waals surface area contributed by atoms with Gasteiger partial charge in [0.05, 0.1) is 5.56 Å². The van der Waals surface area contributed by atoms with Gasteiger partial charge in [0.25, 0.3) is 0 Å². The van der Waals surface area contributed by atoms with Crippen molar-refractivity contribution in [3.8, 4) is 11.5 Å². The van der Waals surface area contributed by atoms with Gasteiger partial charge in [0.15, 0.2) is 5.60 Å². The van der Waals surface area contributed by atoms with E-state index in [2.05, 4.69) is 123 Å². The van der Waals surface area contributed by atoms with Gasteiger partial charge in [-0.3, -0.25) is 0 Å². The zero-order valence-corrected chi connectivity index (χ0v) is 25.8. The number of rotatable bonds is 6. The van der Waals surface area contributed by atoms with Crippen LogP contribution in [0.2, 0.25) is 0 Å². The van der Waals surface area contributed by atoms with E-state index >= 15 is 0 Å². The summed E-state index contributed by atoms with van der Waals surface area (Å²) in [6.45, 7) is 12.4. The quantitative estimate of drug-likeness (QED) is 0.187. The summed E-state index contributed by atoms with van der Waals surface area (Å²) in [6.07, 6.45) is 0. The minimum atomic E-state index is -1.15. The van der Waals surface area contributed by atoms with Crippen LogP contribution in [0.3, 0.4) is 0 Å². The molecule has 220 valence electrons. The highest BCUT2D eigenvalue weighted by Gasteiger charge is 2.54. The lowest BCUT2D eigenvalue weighted by Crippen LogP contribution is -2.33. The van der Waals surface area contributed by atoms with Crippen molar-refractivity contribution in [3.05, 3.63) is 142 Å². The number of aryl methyl sites for hydroxylation is 3. The number of hydrogen-bond acceptors (Lipinski definition) is 5. The lowest BCUT2D eigenvalue weighted by Gasteiger charge is -2.38. The molecule has 0 radical (unpaired) electrons. The molecule has 0 aromatic heterocycles. The van der Waals surface area contributed by atoms with Gasteiger partial charge in [-0.15, -0.1) is 0 Å². The van der Waals surface area contributed by atoms with Gasteiger partial charge in [-0.1, -0.05) is 53.6 Å². The predicted octanol–water partition coefficient (Wildman–Crippen LogP) is 9.50. The van der Waals surface area contributed by atoms with Crippen molar-refractivity contribution < 1.29 is 14.3 Å². The van der Waals surface area contributed by atoms with E-state index in [9.17, 15) is 4.79 Å². The largest absolute Gasteiger partial charge is 0.456 e. The summed E-state index contributed by atoms with van der Waals surface area (Å²) in [6, 6.07) is 35.3. The molecular formula is C39H36N2O3. The molecule has 1 atom stereocenters. The van der Waals surface area contributed by atoms with Gasteiger partial charge in [0.1, 0.15) is 11.5 Å². The smallest absolute Gasteiger partial charge is 0.340 e. The summed E-state index contributed by atoms with van der Waals surface area (Å²) in [5.74, 6) is 1.06. The molecule has 0 bridgehead atoms. The molecule has 2 aliphatic heterocycles. The molecule has 44 heavy (non-hydrogen) atoms. The van der Waals surface area contributed by atoms with Crippen LogP contribution in [-0.4, -0.2) is 19.1 Å². The van der Waals surface area contributed by atoms with Gasteiger partial charge in [0, 0.05) is 58.6 Å². The van der Waals surface area contributed by atoms with E-state index in [4.69, 9.17) is 9.47 Å². The molecule has 5 aromatic rings. The third-order valence-corrected chi connectivity index (χ3v) is 8.97. The van der Waals surface area contributed by atoms with Crippen molar-refractivity contribution in [2.24, 2.45) is 0 Å². The maximum atomic E-state index is 13.5. The Bertz CT molecular complexity index is 1850. The Hall–Kier alpha value is -5.03. The van der Waals surface area contributed by atoms with Gasteiger partial charge in [-0.2, -0.15) is 0 Å². The molecule has 5 nitrogen and oxygen atoms in total. The summed E-state index contributed by atoms with van der Waals surface area (Å²) in [4.78, 5) is 18.1. The second kappa shape index (κ2) is 10.6. The molecule has 0 fully saturated rings. The average molecular weight is 581 g/mol. The van der Waals surface area contributed by atoms with E-state index in [1.165, 1.54) is 11.1 Å². The van der Waals surface area contributed by atoms with E-state index in [1.807, 2.05) is 24.3 Å². The molecule has 5 heteroatoms. The predicted molar refractivity (Wildman–Crippen MR) is 177 cm³/mol. The fourth-order valence-electron chi connectivity index (χ4n) is 6.64. The molecule has 0 saturated carbocycles. The number of anilines is 4. The molecule has 2 heterocycles. The van der Waals surface area contributed by atoms with Crippen molar-refractivity contribution in [1.29, 1.82) is 0 Å². The van der Waals surface area contributed by atoms with Crippen LogP contribution in [0.1, 0.15) is 57.6 Å². The monoisotopic (exact) mass is 580 g/mol. The molecular weight excluding hydrogens is 544 g/mol. The number of benzene rings is 5. The summed E-state index contributed by atoms with van der Waals surface area (Å²) in [7, 11) is 0. The molecule has 5 aromatic carbocycles. The number of carbonyl (C=O) groups excluding carboxylic acids is 1. The van der Waals surface area contributed by atoms with Crippen LogP contribution in [0.25, 0.3) is 0 Å². The van der Waals surface area contributed by atoms with Crippen LogP contribution in [-0.2, 0) is 10.3 Å². The van der Waals surface area contributed by atoms with E-state index in [-0.39, 0.29) is 5.97 Å². The molecule has 0 saturated heterocycles. The SMILES string of the molecule is CCN(CC)c1ccc2c(c1)Oc1cc(C)c(N(c3ccc(C)cc3)c3ccc(C)cc3)cc1C21OC(=O)c2ccccc21. The molecule has 0 amide bonds. The Morgan fingerprint density at radius 1 is 0.636 bits per heavy atom. The Labute approximate surface area is 259 Å². The first-order valence-corrected chi connectivity index (χ1v) is 15.3. The lowest BCUT2D eigenvalue weighted by molar-refractivity contribution is 0.0224. The second-order valence-electron chi connectivity index (χ2n) is 11.7. The fraction of sp³-hybridized carbons (Fsp3) is 0.205. The Kier molecular flexibility index (Phi) is 6.69. The van der Waals surface area contributed by atoms with Crippen LogP contribution >= 0.6 is 0 Å². The van der Waals surface area contributed by atoms with Gasteiger partial charge in [-0.05, 0) is 94.8 Å². The second-order valence-corrected chi connectivity index (χ2v) is 11.7. The van der Waals surface area contributed by atoms with E-state index in [0.29, 0.717) is 17.1 Å². The lowest BCUT2D eigenvalue weighted by atomic mass is 9.77. The zero-order valence-electron chi connectivity index (χ0n) is 25.8. The zero-order chi connectivity index (χ0) is 30.6.